The Labute approximate surface area is 174 Å². The lowest BCUT2D eigenvalue weighted by atomic mass is 10.1. The van der Waals surface area contributed by atoms with Crippen LogP contribution in [0.1, 0.15) is 42.3 Å². The number of benzene rings is 2. The Bertz CT molecular complexity index is 784. The monoisotopic (exact) mass is 396 g/mol. The first-order valence-corrected chi connectivity index (χ1v) is 10.5. The number of hydrogen-bond acceptors (Lipinski definition) is 4. The average Bonchev–Trinajstić information content (AvgIpc) is 2.74. The van der Waals surface area contributed by atoms with Crippen LogP contribution in [0.15, 0.2) is 48.5 Å². The van der Waals surface area contributed by atoms with E-state index in [0.717, 1.165) is 44.0 Å². The fourth-order valence-corrected chi connectivity index (χ4v) is 3.51. The molecule has 5 heteroatoms. The highest BCUT2D eigenvalue weighted by molar-refractivity contribution is 5.94. The van der Waals surface area contributed by atoms with Gasteiger partial charge in [-0.2, -0.15) is 0 Å². The van der Waals surface area contributed by atoms with Crippen LogP contribution >= 0.6 is 0 Å². The Morgan fingerprint density at radius 3 is 2.41 bits per heavy atom. The highest BCUT2D eigenvalue weighted by atomic mass is 16.5. The molecule has 3 rings (SSSR count). The molecule has 0 N–H and O–H groups in total. The number of carbonyl (C=O) groups is 1. The molecule has 1 aliphatic heterocycles. The molecule has 1 fully saturated rings. The van der Waals surface area contributed by atoms with E-state index < -0.39 is 0 Å². The predicted octanol–water partition coefficient (Wildman–Crippen LogP) is 3.97. The first-order valence-electron chi connectivity index (χ1n) is 10.5. The third-order valence-corrected chi connectivity index (χ3v) is 5.09. The van der Waals surface area contributed by atoms with Crippen molar-refractivity contribution < 1.29 is 14.3 Å². The van der Waals surface area contributed by atoms with E-state index in [1.807, 2.05) is 49.9 Å². The first-order chi connectivity index (χ1) is 14.1. The molecule has 1 heterocycles. The Kier molecular flexibility index (Phi) is 7.67. The lowest BCUT2D eigenvalue weighted by molar-refractivity contribution is 0.0619. The lowest BCUT2D eigenvalue weighted by Crippen LogP contribution is -2.48. The number of carbonyl (C=O) groups excluding carboxylic acids is 1. The fraction of sp³-hybridized carbons (Fsp3) is 0.458. The molecule has 1 aliphatic rings. The van der Waals surface area contributed by atoms with E-state index in [2.05, 4.69) is 29.2 Å². The molecule has 1 saturated heterocycles. The van der Waals surface area contributed by atoms with Gasteiger partial charge >= 0.3 is 0 Å². The molecule has 1 amide bonds. The molecule has 156 valence electrons. The zero-order valence-electron chi connectivity index (χ0n) is 17.8. The molecular formula is C24H32N2O3. The summed E-state index contributed by atoms with van der Waals surface area (Å²) in [7, 11) is 0. The maximum atomic E-state index is 13.1. The molecule has 2 aromatic rings. The van der Waals surface area contributed by atoms with Crippen LogP contribution in [0.3, 0.4) is 0 Å². The average molecular weight is 397 g/mol. The maximum absolute atomic E-state index is 13.1. The number of nitrogens with zero attached hydrogens (tertiary/aromatic N) is 2. The first kappa shape index (κ1) is 21.3. The molecule has 2 aromatic carbocycles. The van der Waals surface area contributed by atoms with E-state index >= 15 is 0 Å². The smallest absolute Gasteiger partial charge is 0.253 e. The Morgan fingerprint density at radius 1 is 1.03 bits per heavy atom. The summed E-state index contributed by atoms with van der Waals surface area (Å²) in [6, 6.07) is 16.2. The van der Waals surface area contributed by atoms with E-state index in [9.17, 15) is 4.79 Å². The SMILES string of the molecule is CCOc1ccc(C(=O)N2CCN(Cc3ccccc3)CC2)cc1COC(C)C. The van der Waals surface area contributed by atoms with Gasteiger partial charge in [0.1, 0.15) is 5.75 Å². The summed E-state index contributed by atoms with van der Waals surface area (Å²) < 4.78 is 11.5. The Hall–Kier alpha value is -2.37. The Balaban J connectivity index is 1.62. The van der Waals surface area contributed by atoms with E-state index in [-0.39, 0.29) is 12.0 Å². The van der Waals surface area contributed by atoms with Gasteiger partial charge in [-0.15, -0.1) is 0 Å². The van der Waals surface area contributed by atoms with Crippen LogP contribution in [-0.2, 0) is 17.9 Å². The molecule has 0 aliphatic carbocycles. The maximum Gasteiger partial charge on any atom is 0.253 e. The molecule has 0 radical (unpaired) electrons. The predicted molar refractivity (Wildman–Crippen MR) is 115 cm³/mol. The molecular weight excluding hydrogens is 364 g/mol. The van der Waals surface area contributed by atoms with Crippen LogP contribution in [0.25, 0.3) is 0 Å². The van der Waals surface area contributed by atoms with E-state index in [4.69, 9.17) is 9.47 Å². The molecule has 0 bridgehead atoms. The van der Waals surface area contributed by atoms with Gasteiger partial charge in [-0.1, -0.05) is 30.3 Å². The zero-order chi connectivity index (χ0) is 20.6. The van der Waals surface area contributed by atoms with E-state index in [1.54, 1.807) is 0 Å². The Morgan fingerprint density at radius 2 is 1.76 bits per heavy atom. The molecule has 29 heavy (non-hydrogen) atoms. The van der Waals surface area contributed by atoms with Gasteiger partial charge in [-0.05, 0) is 44.5 Å². The second-order valence-corrected chi connectivity index (χ2v) is 7.67. The van der Waals surface area contributed by atoms with Gasteiger partial charge in [0.15, 0.2) is 0 Å². The van der Waals surface area contributed by atoms with Gasteiger partial charge in [0, 0.05) is 43.9 Å². The molecule has 0 atom stereocenters. The number of rotatable bonds is 8. The standard InChI is InChI=1S/C24H32N2O3/c1-4-28-23-11-10-21(16-22(23)18-29-19(2)3)24(27)26-14-12-25(13-15-26)17-20-8-6-5-7-9-20/h5-11,16,19H,4,12-15,17-18H2,1-3H3. The number of amides is 1. The normalized spacial score (nSPS) is 15.0. The van der Waals surface area contributed by atoms with Crippen LogP contribution in [0.2, 0.25) is 0 Å². The zero-order valence-corrected chi connectivity index (χ0v) is 17.8. The molecule has 5 nitrogen and oxygen atoms in total. The van der Waals surface area contributed by atoms with E-state index in [0.29, 0.717) is 18.8 Å². The van der Waals surface area contributed by atoms with Crippen molar-refractivity contribution in [3.05, 3.63) is 65.2 Å². The summed E-state index contributed by atoms with van der Waals surface area (Å²) in [5.41, 5.74) is 2.94. The minimum absolute atomic E-state index is 0.0817. The van der Waals surface area contributed by atoms with Crippen molar-refractivity contribution in [3.63, 3.8) is 0 Å². The molecule has 0 spiro atoms. The highest BCUT2D eigenvalue weighted by Gasteiger charge is 2.23. The van der Waals surface area contributed by atoms with Crippen molar-refractivity contribution >= 4 is 5.91 Å². The molecule has 0 aromatic heterocycles. The number of piperazine rings is 1. The van der Waals surface area contributed by atoms with Crippen LogP contribution in [0.5, 0.6) is 5.75 Å². The van der Waals surface area contributed by atoms with Gasteiger partial charge < -0.3 is 14.4 Å². The topological polar surface area (TPSA) is 42.0 Å². The van der Waals surface area contributed by atoms with Crippen LogP contribution < -0.4 is 4.74 Å². The minimum Gasteiger partial charge on any atom is -0.494 e. The van der Waals surface area contributed by atoms with Gasteiger partial charge in [0.25, 0.3) is 5.91 Å². The van der Waals surface area contributed by atoms with Gasteiger partial charge in [0.05, 0.1) is 19.3 Å². The summed E-state index contributed by atoms with van der Waals surface area (Å²) in [4.78, 5) is 17.4. The summed E-state index contributed by atoms with van der Waals surface area (Å²) in [5, 5.41) is 0. The third-order valence-electron chi connectivity index (χ3n) is 5.09. The summed E-state index contributed by atoms with van der Waals surface area (Å²) >= 11 is 0. The van der Waals surface area contributed by atoms with Crippen molar-refractivity contribution in [3.8, 4) is 5.75 Å². The van der Waals surface area contributed by atoms with Crippen molar-refractivity contribution in [2.45, 2.75) is 40.0 Å². The van der Waals surface area contributed by atoms with Gasteiger partial charge in [-0.25, -0.2) is 0 Å². The van der Waals surface area contributed by atoms with Crippen LogP contribution in [0.4, 0.5) is 0 Å². The molecule has 0 saturated carbocycles. The largest absolute Gasteiger partial charge is 0.494 e. The van der Waals surface area contributed by atoms with Crippen molar-refractivity contribution in [2.75, 3.05) is 32.8 Å². The quantitative estimate of drug-likeness (QED) is 0.677. The van der Waals surface area contributed by atoms with Crippen molar-refractivity contribution in [1.82, 2.24) is 9.80 Å². The van der Waals surface area contributed by atoms with Crippen molar-refractivity contribution in [1.29, 1.82) is 0 Å². The third kappa shape index (κ3) is 6.05. The van der Waals surface area contributed by atoms with E-state index in [1.165, 1.54) is 5.56 Å². The van der Waals surface area contributed by atoms with Crippen molar-refractivity contribution in [2.24, 2.45) is 0 Å². The van der Waals surface area contributed by atoms with Crippen LogP contribution in [0, 0.1) is 0 Å². The fourth-order valence-electron chi connectivity index (χ4n) is 3.51. The summed E-state index contributed by atoms with van der Waals surface area (Å²) in [5.74, 6) is 0.871. The lowest BCUT2D eigenvalue weighted by Gasteiger charge is -2.35. The second kappa shape index (κ2) is 10.4. The summed E-state index contributed by atoms with van der Waals surface area (Å²) in [6.45, 7) is 11.2. The molecule has 0 unspecified atom stereocenters. The number of ether oxygens (including phenoxy) is 2. The summed E-state index contributed by atoms with van der Waals surface area (Å²) in [6.07, 6.45) is 0.126. The number of hydrogen-bond donors (Lipinski definition) is 0. The minimum atomic E-state index is 0.0817. The second-order valence-electron chi connectivity index (χ2n) is 7.67. The van der Waals surface area contributed by atoms with Gasteiger partial charge in [-0.3, -0.25) is 9.69 Å². The van der Waals surface area contributed by atoms with Gasteiger partial charge in [0.2, 0.25) is 0 Å². The highest BCUT2D eigenvalue weighted by Crippen LogP contribution is 2.23. The van der Waals surface area contributed by atoms with Crippen LogP contribution in [-0.4, -0.2) is 54.6 Å².